The molecule has 0 atom stereocenters. The van der Waals surface area contributed by atoms with Gasteiger partial charge in [-0.05, 0) is 17.7 Å². The Kier molecular flexibility index (Phi) is 4.20. The van der Waals surface area contributed by atoms with Crippen LogP contribution in [0.1, 0.15) is 16.1 Å². The van der Waals surface area contributed by atoms with E-state index in [9.17, 15) is 9.59 Å². The van der Waals surface area contributed by atoms with Gasteiger partial charge in [0, 0.05) is 12.3 Å². The van der Waals surface area contributed by atoms with E-state index in [1.165, 1.54) is 32.6 Å². The van der Waals surface area contributed by atoms with Gasteiger partial charge in [-0.2, -0.15) is 0 Å². The third-order valence-corrected chi connectivity index (χ3v) is 1.79. The van der Waals surface area contributed by atoms with Crippen molar-refractivity contribution in [3.05, 3.63) is 35.7 Å². The summed E-state index contributed by atoms with van der Waals surface area (Å²) in [4.78, 5) is 25.7. The highest BCUT2D eigenvalue weighted by Crippen LogP contribution is 2.03. The van der Waals surface area contributed by atoms with Crippen LogP contribution < -0.4 is 0 Å². The zero-order valence-electron chi connectivity index (χ0n) is 8.97. The number of esters is 2. The molecule has 84 valence electrons. The normalized spacial score (nSPS) is 10.1. The zero-order chi connectivity index (χ0) is 12.0. The van der Waals surface area contributed by atoms with Crippen LogP contribution in [0.4, 0.5) is 0 Å². The average Bonchev–Trinajstić information content (AvgIpc) is 2.35. The third-order valence-electron chi connectivity index (χ3n) is 1.79. The van der Waals surface area contributed by atoms with Gasteiger partial charge in [-0.15, -0.1) is 0 Å². The smallest absolute Gasteiger partial charge is 0.356 e. The summed E-state index contributed by atoms with van der Waals surface area (Å²) in [5.41, 5.74) is 0.913. The van der Waals surface area contributed by atoms with E-state index < -0.39 is 11.9 Å². The van der Waals surface area contributed by atoms with Crippen LogP contribution in [0.2, 0.25) is 0 Å². The summed E-state index contributed by atoms with van der Waals surface area (Å²) in [6.45, 7) is 0. The fraction of sp³-hybridized carbons (Fsp3) is 0.182. The van der Waals surface area contributed by atoms with E-state index in [4.69, 9.17) is 0 Å². The van der Waals surface area contributed by atoms with Crippen molar-refractivity contribution < 1.29 is 19.1 Å². The number of nitrogens with zero attached hydrogens (tertiary/aromatic N) is 1. The number of ether oxygens (including phenoxy) is 2. The molecular weight excluding hydrogens is 210 g/mol. The number of methoxy groups -OCH3 is 2. The Morgan fingerprint density at radius 2 is 2.00 bits per heavy atom. The summed E-state index contributed by atoms with van der Waals surface area (Å²) >= 11 is 0. The molecule has 1 aromatic heterocycles. The maximum Gasteiger partial charge on any atom is 0.356 e. The van der Waals surface area contributed by atoms with Crippen molar-refractivity contribution in [1.82, 2.24) is 4.98 Å². The highest BCUT2D eigenvalue weighted by Gasteiger charge is 2.05. The Balaban J connectivity index is 2.75. The second kappa shape index (κ2) is 5.65. The number of hydrogen-bond acceptors (Lipinski definition) is 5. The van der Waals surface area contributed by atoms with Crippen LogP contribution in [-0.4, -0.2) is 31.1 Å². The molecule has 0 aliphatic carbocycles. The highest BCUT2D eigenvalue weighted by molar-refractivity contribution is 5.88. The summed E-state index contributed by atoms with van der Waals surface area (Å²) in [6.07, 6.45) is 4.28. The molecule has 16 heavy (non-hydrogen) atoms. The molecule has 0 spiro atoms. The first kappa shape index (κ1) is 11.9. The Morgan fingerprint density at radius 1 is 1.25 bits per heavy atom. The van der Waals surface area contributed by atoms with E-state index in [-0.39, 0.29) is 5.69 Å². The maximum atomic E-state index is 11.1. The van der Waals surface area contributed by atoms with Gasteiger partial charge in [-0.1, -0.05) is 6.07 Å². The molecule has 1 aromatic rings. The molecule has 0 radical (unpaired) electrons. The second-order valence-electron chi connectivity index (χ2n) is 2.82. The molecule has 1 rings (SSSR count). The SMILES string of the molecule is COC(=O)C=Cc1ccc(C(=O)OC)nc1. The van der Waals surface area contributed by atoms with Gasteiger partial charge in [-0.3, -0.25) is 0 Å². The third kappa shape index (κ3) is 3.20. The summed E-state index contributed by atoms with van der Waals surface area (Å²) in [7, 11) is 2.58. The molecule has 0 aliphatic rings. The summed E-state index contributed by atoms with van der Waals surface area (Å²) in [6, 6.07) is 3.17. The van der Waals surface area contributed by atoms with Crippen LogP contribution in [0.3, 0.4) is 0 Å². The lowest BCUT2D eigenvalue weighted by molar-refractivity contribution is -0.134. The standard InChI is InChI=1S/C11H11NO4/c1-15-10(13)6-4-8-3-5-9(12-7-8)11(14)16-2/h3-7H,1-2H3. The summed E-state index contributed by atoms with van der Waals surface area (Å²) in [5, 5.41) is 0. The molecule has 0 N–H and O–H groups in total. The van der Waals surface area contributed by atoms with Gasteiger partial charge >= 0.3 is 11.9 Å². The molecule has 0 amide bonds. The van der Waals surface area contributed by atoms with Crippen molar-refractivity contribution in [3.8, 4) is 0 Å². The van der Waals surface area contributed by atoms with Crippen LogP contribution >= 0.6 is 0 Å². The zero-order valence-corrected chi connectivity index (χ0v) is 8.97. The van der Waals surface area contributed by atoms with Crippen LogP contribution in [0.5, 0.6) is 0 Å². The first-order valence-electron chi connectivity index (χ1n) is 4.47. The number of pyridine rings is 1. The average molecular weight is 221 g/mol. The van der Waals surface area contributed by atoms with Crippen molar-refractivity contribution in [2.45, 2.75) is 0 Å². The van der Waals surface area contributed by atoms with Crippen LogP contribution in [0, 0.1) is 0 Å². The number of aromatic nitrogens is 1. The minimum absolute atomic E-state index is 0.220. The molecule has 0 unspecified atom stereocenters. The molecular formula is C11H11NO4. The lowest BCUT2D eigenvalue weighted by Gasteiger charge is -1.98. The van der Waals surface area contributed by atoms with E-state index >= 15 is 0 Å². The van der Waals surface area contributed by atoms with Crippen molar-refractivity contribution in [1.29, 1.82) is 0 Å². The van der Waals surface area contributed by atoms with E-state index in [2.05, 4.69) is 14.5 Å². The Morgan fingerprint density at radius 3 is 2.50 bits per heavy atom. The Bertz CT molecular complexity index is 408. The predicted octanol–water partition coefficient (Wildman–Crippen LogP) is 1.05. The largest absolute Gasteiger partial charge is 0.466 e. The summed E-state index contributed by atoms with van der Waals surface area (Å²) in [5.74, 6) is -0.944. The van der Waals surface area contributed by atoms with E-state index in [1.807, 2.05) is 0 Å². The maximum absolute atomic E-state index is 11.1. The van der Waals surface area contributed by atoms with Gasteiger partial charge in [0.1, 0.15) is 5.69 Å². The second-order valence-corrected chi connectivity index (χ2v) is 2.82. The fourth-order valence-electron chi connectivity index (χ4n) is 0.962. The van der Waals surface area contributed by atoms with E-state index in [0.29, 0.717) is 5.56 Å². The van der Waals surface area contributed by atoms with Crippen molar-refractivity contribution in [3.63, 3.8) is 0 Å². The molecule has 5 heteroatoms. The van der Waals surface area contributed by atoms with Crippen molar-refractivity contribution >= 4 is 18.0 Å². The van der Waals surface area contributed by atoms with Crippen LogP contribution in [-0.2, 0) is 14.3 Å². The lowest BCUT2D eigenvalue weighted by atomic mass is 10.2. The Labute approximate surface area is 92.7 Å². The van der Waals surface area contributed by atoms with Crippen LogP contribution in [0.15, 0.2) is 24.4 Å². The van der Waals surface area contributed by atoms with Gasteiger partial charge in [-0.25, -0.2) is 14.6 Å². The predicted molar refractivity (Wildman–Crippen MR) is 56.6 cm³/mol. The monoisotopic (exact) mass is 221 g/mol. The fourth-order valence-corrected chi connectivity index (χ4v) is 0.962. The van der Waals surface area contributed by atoms with E-state index in [1.54, 1.807) is 12.1 Å². The van der Waals surface area contributed by atoms with Crippen molar-refractivity contribution in [2.75, 3.05) is 14.2 Å². The van der Waals surface area contributed by atoms with Crippen LogP contribution in [0.25, 0.3) is 6.08 Å². The Hall–Kier alpha value is -2.17. The number of hydrogen-bond donors (Lipinski definition) is 0. The first-order chi connectivity index (χ1) is 7.67. The van der Waals surface area contributed by atoms with Gasteiger partial charge < -0.3 is 9.47 Å². The molecule has 0 aliphatic heterocycles. The lowest BCUT2D eigenvalue weighted by Crippen LogP contribution is -2.03. The molecule has 0 fully saturated rings. The minimum Gasteiger partial charge on any atom is -0.466 e. The van der Waals surface area contributed by atoms with Crippen molar-refractivity contribution in [2.24, 2.45) is 0 Å². The van der Waals surface area contributed by atoms with Gasteiger partial charge in [0.05, 0.1) is 14.2 Å². The minimum atomic E-state index is -0.497. The molecule has 0 aromatic carbocycles. The van der Waals surface area contributed by atoms with E-state index in [0.717, 1.165) is 0 Å². The van der Waals surface area contributed by atoms with Gasteiger partial charge in [0.15, 0.2) is 0 Å². The number of rotatable bonds is 3. The number of carbonyl (C=O) groups excluding carboxylic acids is 2. The molecule has 0 bridgehead atoms. The highest BCUT2D eigenvalue weighted by atomic mass is 16.5. The molecule has 0 saturated heterocycles. The summed E-state index contributed by atoms with van der Waals surface area (Å²) < 4.78 is 8.93. The number of carbonyl (C=O) groups is 2. The van der Waals surface area contributed by atoms with Gasteiger partial charge in [0.2, 0.25) is 0 Å². The quantitative estimate of drug-likeness (QED) is 0.564. The first-order valence-corrected chi connectivity index (χ1v) is 4.47. The molecule has 1 heterocycles. The molecule has 5 nitrogen and oxygen atoms in total. The van der Waals surface area contributed by atoms with Gasteiger partial charge in [0.25, 0.3) is 0 Å². The topological polar surface area (TPSA) is 65.5 Å². The molecule has 0 saturated carbocycles.